The standard InChI is InChI=1S/C5H8O2S2/c6-4(7)5-8-2-1-3-9-5/h5H,1-3H2,(H,6,7). The molecule has 0 aromatic carbocycles. The molecule has 0 radical (unpaired) electrons. The van der Waals surface area contributed by atoms with E-state index < -0.39 is 5.97 Å². The Labute approximate surface area is 62.4 Å². The highest BCUT2D eigenvalue weighted by molar-refractivity contribution is 8.18. The highest BCUT2D eigenvalue weighted by Gasteiger charge is 2.20. The first kappa shape index (κ1) is 7.28. The molecule has 0 bridgehead atoms. The second-order valence-electron chi connectivity index (χ2n) is 1.77. The molecule has 0 aromatic heterocycles. The molecule has 0 saturated carbocycles. The average Bonchev–Trinajstić information content (AvgIpc) is 1.90. The van der Waals surface area contributed by atoms with Crippen LogP contribution in [0.2, 0.25) is 0 Å². The first-order valence-electron chi connectivity index (χ1n) is 2.77. The molecule has 1 N–H and O–H groups in total. The van der Waals surface area contributed by atoms with Crippen molar-refractivity contribution in [2.45, 2.75) is 11.0 Å². The number of thioether (sulfide) groups is 2. The van der Waals surface area contributed by atoms with Gasteiger partial charge in [-0.1, -0.05) is 0 Å². The molecule has 0 aliphatic carbocycles. The SMILES string of the molecule is O=C(O)C1SCCCS1. The van der Waals surface area contributed by atoms with Crippen molar-refractivity contribution in [2.75, 3.05) is 11.5 Å². The van der Waals surface area contributed by atoms with Crippen molar-refractivity contribution >= 4 is 29.5 Å². The van der Waals surface area contributed by atoms with Gasteiger partial charge in [-0.2, -0.15) is 0 Å². The Hall–Kier alpha value is 0.170. The van der Waals surface area contributed by atoms with E-state index in [1.54, 1.807) is 0 Å². The Morgan fingerprint density at radius 1 is 1.44 bits per heavy atom. The summed E-state index contributed by atoms with van der Waals surface area (Å²) in [7, 11) is 0. The Balaban J connectivity index is 2.31. The molecule has 0 spiro atoms. The molecule has 0 amide bonds. The summed E-state index contributed by atoms with van der Waals surface area (Å²) in [6.07, 6.45) is 1.15. The Morgan fingerprint density at radius 2 is 2.00 bits per heavy atom. The van der Waals surface area contributed by atoms with E-state index in [0.29, 0.717) is 0 Å². The third kappa shape index (κ3) is 2.10. The fourth-order valence-corrected chi connectivity index (χ4v) is 3.11. The average molecular weight is 164 g/mol. The first-order chi connectivity index (χ1) is 4.30. The molecule has 0 aromatic rings. The van der Waals surface area contributed by atoms with Crippen LogP contribution in [0.4, 0.5) is 0 Å². The summed E-state index contributed by atoms with van der Waals surface area (Å²) >= 11 is 3.07. The second-order valence-corrected chi connectivity index (χ2v) is 4.49. The number of carboxylic acids is 1. The van der Waals surface area contributed by atoms with E-state index in [2.05, 4.69) is 0 Å². The molecule has 1 heterocycles. The molecule has 1 aliphatic heterocycles. The lowest BCUT2D eigenvalue weighted by molar-refractivity contribution is -0.134. The lowest BCUT2D eigenvalue weighted by Gasteiger charge is -2.15. The lowest BCUT2D eigenvalue weighted by atomic mass is 10.6. The number of carbonyl (C=O) groups is 1. The van der Waals surface area contributed by atoms with Crippen LogP contribution in [0.5, 0.6) is 0 Å². The predicted octanol–water partition coefficient (Wildman–Crippen LogP) is 1.27. The van der Waals surface area contributed by atoms with Gasteiger partial charge in [0, 0.05) is 0 Å². The Morgan fingerprint density at radius 3 is 2.33 bits per heavy atom. The highest BCUT2D eigenvalue weighted by Crippen LogP contribution is 2.30. The zero-order chi connectivity index (χ0) is 6.69. The van der Waals surface area contributed by atoms with Crippen LogP contribution in [0.1, 0.15) is 6.42 Å². The minimum absolute atomic E-state index is 0.196. The maximum absolute atomic E-state index is 10.3. The van der Waals surface area contributed by atoms with Crippen LogP contribution < -0.4 is 0 Å². The minimum atomic E-state index is -0.676. The summed E-state index contributed by atoms with van der Waals surface area (Å²) < 4.78 is -0.196. The summed E-state index contributed by atoms with van der Waals surface area (Å²) in [4.78, 5) is 10.3. The van der Waals surface area contributed by atoms with Crippen molar-refractivity contribution in [2.24, 2.45) is 0 Å². The van der Waals surface area contributed by atoms with Gasteiger partial charge >= 0.3 is 5.97 Å². The maximum atomic E-state index is 10.3. The van der Waals surface area contributed by atoms with E-state index in [-0.39, 0.29) is 4.58 Å². The van der Waals surface area contributed by atoms with Crippen LogP contribution in [-0.4, -0.2) is 27.2 Å². The van der Waals surface area contributed by atoms with E-state index in [1.807, 2.05) is 0 Å². The van der Waals surface area contributed by atoms with Crippen molar-refractivity contribution in [1.29, 1.82) is 0 Å². The van der Waals surface area contributed by atoms with Crippen molar-refractivity contribution < 1.29 is 9.90 Å². The molecule has 1 saturated heterocycles. The van der Waals surface area contributed by atoms with E-state index in [1.165, 1.54) is 23.5 Å². The normalized spacial score (nSPS) is 21.8. The molecular weight excluding hydrogens is 156 g/mol. The third-order valence-electron chi connectivity index (χ3n) is 1.03. The number of hydrogen-bond donors (Lipinski definition) is 1. The first-order valence-corrected chi connectivity index (χ1v) is 4.86. The van der Waals surface area contributed by atoms with Crippen LogP contribution >= 0.6 is 23.5 Å². The summed E-state index contributed by atoms with van der Waals surface area (Å²) in [6, 6.07) is 0. The summed E-state index contributed by atoms with van der Waals surface area (Å²) in [5.41, 5.74) is 0. The van der Waals surface area contributed by atoms with Crippen molar-refractivity contribution in [3.05, 3.63) is 0 Å². The molecule has 9 heavy (non-hydrogen) atoms. The molecule has 0 atom stereocenters. The van der Waals surface area contributed by atoms with Crippen LogP contribution in [0.3, 0.4) is 0 Å². The minimum Gasteiger partial charge on any atom is -0.480 e. The van der Waals surface area contributed by atoms with Gasteiger partial charge in [-0.15, -0.1) is 23.5 Å². The zero-order valence-electron chi connectivity index (χ0n) is 4.87. The second kappa shape index (κ2) is 3.37. The van der Waals surface area contributed by atoms with Gasteiger partial charge in [0.2, 0.25) is 0 Å². The maximum Gasteiger partial charge on any atom is 0.326 e. The largest absolute Gasteiger partial charge is 0.480 e. The molecule has 0 unspecified atom stereocenters. The van der Waals surface area contributed by atoms with Gasteiger partial charge < -0.3 is 5.11 Å². The monoisotopic (exact) mass is 164 g/mol. The van der Waals surface area contributed by atoms with Gasteiger partial charge in [-0.3, -0.25) is 4.79 Å². The molecule has 4 heteroatoms. The third-order valence-corrected chi connectivity index (χ3v) is 3.90. The highest BCUT2D eigenvalue weighted by atomic mass is 32.2. The van der Waals surface area contributed by atoms with E-state index >= 15 is 0 Å². The van der Waals surface area contributed by atoms with Crippen LogP contribution in [0, 0.1) is 0 Å². The van der Waals surface area contributed by atoms with Crippen LogP contribution in [0.15, 0.2) is 0 Å². The predicted molar refractivity (Wildman–Crippen MR) is 41.0 cm³/mol. The van der Waals surface area contributed by atoms with Crippen molar-refractivity contribution in [1.82, 2.24) is 0 Å². The molecule has 2 nitrogen and oxygen atoms in total. The molecule has 1 rings (SSSR count). The Kier molecular flexibility index (Phi) is 2.72. The lowest BCUT2D eigenvalue weighted by Crippen LogP contribution is -2.16. The fourth-order valence-electron chi connectivity index (χ4n) is 0.630. The van der Waals surface area contributed by atoms with E-state index in [4.69, 9.17) is 5.11 Å². The number of aliphatic carboxylic acids is 1. The topological polar surface area (TPSA) is 37.3 Å². The van der Waals surface area contributed by atoms with Gasteiger partial charge in [-0.25, -0.2) is 0 Å². The van der Waals surface area contributed by atoms with Gasteiger partial charge in [-0.05, 0) is 17.9 Å². The van der Waals surface area contributed by atoms with Crippen LogP contribution in [-0.2, 0) is 4.79 Å². The van der Waals surface area contributed by atoms with E-state index in [0.717, 1.165) is 17.9 Å². The van der Waals surface area contributed by atoms with Crippen LogP contribution in [0.25, 0.3) is 0 Å². The fraction of sp³-hybridized carbons (Fsp3) is 0.800. The number of hydrogen-bond acceptors (Lipinski definition) is 3. The van der Waals surface area contributed by atoms with Crippen molar-refractivity contribution in [3.8, 4) is 0 Å². The molecule has 52 valence electrons. The van der Waals surface area contributed by atoms with Crippen molar-refractivity contribution in [3.63, 3.8) is 0 Å². The molecule has 1 fully saturated rings. The van der Waals surface area contributed by atoms with Gasteiger partial charge in [0.05, 0.1) is 0 Å². The smallest absolute Gasteiger partial charge is 0.326 e. The Bertz CT molecular complexity index is 110. The molecule has 1 aliphatic rings. The summed E-state index contributed by atoms with van der Waals surface area (Å²) in [5.74, 6) is 1.33. The zero-order valence-corrected chi connectivity index (χ0v) is 6.50. The number of rotatable bonds is 1. The number of carboxylic acid groups (broad SMARTS) is 1. The summed E-state index contributed by atoms with van der Waals surface area (Å²) in [6.45, 7) is 0. The van der Waals surface area contributed by atoms with E-state index in [9.17, 15) is 4.79 Å². The summed E-state index contributed by atoms with van der Waals surface area (Å²) in [5, 5.41) is 8.50. The quantitative estimate of drug-likeness (QED) is 0.633. The van der Waals surface area contributed by atoms with Gasteiger partial charge in [0.1, 0.15) is 4.58 Å². The van der Waals surface area contributed by atoms with Gasteiger partial charge in [0.25, 0.3) is 0 Å². The molecular formula is C5H8O2S2. The van der Waals surface area contributed by atoms with Gasteiger partial charge in [0.15, 0.2) is 0 Å².